The van der Waals surface area contributed by atoms with E-state index >= 15 is 0 Å². The van der Waals surface area contributed by atoms with Crippen LogP contribution in [0, 0.1) is 0 Å². The molecule has 1 unspecified atom stereocenters. The maximum absolute atomic E-state index is 11.9. The fourth-order valence-electron chi connectivity index (χ4n) is 1.31. The van der Waals surface area contributed by atoms with E-state index in [1.54, 1.807) is 0 Å². The molecule has 8 heteroatoms. The van der Waals surface area contributed by atoms with E-state index in [4.69, 9.17) is 9.47 Å². The third-order valence-corrected chi connectivity index (χ3v) is 2.24. The van der Waals surface area contributed by atoms with E-state index in [0.29, 0.717) is 13.0 Å². The van der Waals surface area contributed by atoms with Crippen molar-refractivity contribution in [2.45, 2.75) is 18.9 Å². The summed E-state index contributed by atoms with van der Waals surface area (Å²) in [4.78, 5) is 11.3. The molecule has 2 rings (SSSR count). The van der Waals surface area contributed by atoms with Crippen molar-refractivity contribution in [3.63, 3.8) is 0 Å². The van der Waals surface area contributed by atoms with Gasteiger partial charge in [0.25, 0.3) is 0 Å². The van der Waals surface area contributed by atoms with Gasteiger partial charge < -0.3 is 14.2 Å². The Kier molecular flexibility index (Phi) is 5.66. The minimum atomic E-state index is -4.74. The SMILES string of the molecule is O=C(Oc1ccc(OC(F)(F)F)cc1)C1CCO1.[Na]. The fraction of sp³-hybridized carbons (Fsp3) is 0.364. The van der Waals surface area contributed by atoms with Gasteiger partial charge in [-0.15, -0.1) is 13.2 Å². The summed E-state index contributed by atoms with van der Waals surface area (Å²) in [5.41, 5.74) is 0. The average Bonchev–Trinajstić information content (AvgIpc) is 2.16. The number of halogens is 3. The molecule has 99 valence electrons. The van der Waals surface area contributed by atoms with Crippen LogP contribution >= 0.6 is 0 Å². The van der Waals surface area contributed by atoms with Crippen molar-refractivity contribution >= 4 is 35.5 Å². The van der Waals surface area contributed by atoms with Gasteiger partial charge in [0.1, 0.15) is 11.5 Å². The summed E-state index contributed by atoms with van der Waals surface area (Å²) >= 11 is 0. The molecule has 1 aliphatic heterocycles. The molecule has 0 spiro atoms. The molecule has 1 aromatic rings. The van der Waals surface area contributed by atoms with E-state index in [1.165, 1.54) is 12.1 Å². The van der Waals surface area contributed by atoms with Gasteiger partial charge in [0.2, 0.25) is 0 Å². The summed E-state index contributed by atoms with van der Waals surface area (Å²) in [6, 6.07) is 4.57. The Labute approximate surface area is 129 Å². The van der Waals surface area contributed by atoms with Gasteiger partial charge in [-0.2, -0.15) is 0 Å². The zero-order chi connectivity index (χ0) is 13.2. The van der Waals surface area contributed by atoms with Gasteiger partial charge in [-0.1, -0.05) is 0 Å². The molecule has 1 fully saturated rings. The Balaban J connectivity index is 0.00000180. The Morgan fingerprint density at radius 1 is 1.21 bits per heavy atom. The molecule has 4 nitrogen and oxygen atoms in total. The summed E-state index contributed by atoms with van der Waals surface area (Å²) in [7, 11) is 0. The summed E-state index contributed by atoms with van der Waals surface area (Å²) in [5, 5.41) is 0. The molecule has 0 aromatic heterocycles. The number of rotatable bonds is 3. The number of carbonyl (C=O) groups is 1. The molecular formula is C11H9F3NaO4. The van der Waals surface area contributed by atoms with Crippen molar-refractivity contribution in [3.8, 4) is 11.5 Å². The van der Waals surface area contributed by atoms with Crippen LogP contribution in [0.2, 0.25) is 0 Å². The number of hydrogen-bond acceptors (Lipinski definition) is 4. The summed E-state index contributed by atoms with van der Waals surface area (Å²) in [5.74, 6) is -0.780. The third kappa shape index (κ3) is 5.02. The molecule has 1 radical (unpaired) electrons. The molecule has 1 aliphatic rings. The Morgan fingerprint density at radius 3 is 2.16 bits per heavy atom. The van der Waals surface area contributed by atoms with Gasteiger partial charge >= 0.3 is 12.3 Å². The van der Waals surface area contributed by atoms with Gasteiger partial charge in [0.05, 0.1) is 6.61 Å². The standard InChI is InChI=1S/C11H9F3O4.Na/c12-11(13,14)18-8-3-1-7(2-4-8)17-10(15)9-5-6-16-9;/h1-4,9H,5-6H2;. The first-order chi connectivity index (χ1) is 8.44. The minimum Gasteiger partial charge on any atom is -0.425 e. The molecule has 19 heavy (non-hydrogen) atoms. The van der Waals surface area contributed by atoms with Gasteiger partial charge in [-0.25, -0.2) is 4.79 Å². The number of esters is 1. The van der Waals surface area contributed by atoms with E-state index in [-0.39, 0.29) is 41.1 Å². The Morgan fingerprint density at radius 2 is 1.74 bits per heavy atom. The zero-order valence-corrected chi connectivity index (χ0v) is 12.1. The first-order valence-corrected chi connectivity index (χ1v) is 5.13. The summed E-state index contributed by atoms with van der Waals surface area (Å²) in [6.45, 7) is 0.512. The van der Waals surface area contributed by atoms with Crippen LogP contribution in [0.4, 0.5) is 13.2 Å². The van der Waals surface area contributed by atoms with E-state index in [1.807, 2.05) is 0 Å². The van der Waals surface area contributed by atoms with Crippen LogP contribution in [0.5, 0.6) is 11.5 Å². The zero-order valence-electron chi connectivity index (χ0n) is 10.1. The van der Waals surface area contributed by atoms with E-state index in [2.05, 4.69) is 4.74 Å². The van der Waals surface area contributed by atoms with Crippen LogP contribution in [0.25, 0.3) is 0 Å². The van der Waals surface area contributed by atoms with Crippen molar-refractivity contribution < 1.29 is 32.2 Å². The molecule has 1 aromatic carbocycles. The fourth-order valence-corrected chi connectivity index (χ4v) is 1.31. The van der Waals surface area contributed by atoms with Crippen LogP contribution in [0.3, 0.4) is 0 Å². The number of hydrogen-bond donors (Lipinski definition) is 0. The summed E-state index contributed by atoms with van der Waals surface area (Å²) < 4.78 is 49.1. The molecule has 0 amide bonds. The normalized spacial score (nSPS) is 17.9. The number of alkyl halides is 3. The first-order valence-electron chi connectivity index (χ1n) is 5.13. The molecule has 0 N–H and O–H groups in total. The van der Waals surface area contributed by atoms with Crippen molar-refractivity contribution in [1.82, 2.24) is 0 Å². The molecule has 1 atom stereocenters. The number of ether oxygens (including phenoxy) is 3. The molecule has 1 heterocycles. The minimum absolute atomic E-state index is 0. The smallest absolute Gasteiger partial charge is 0.425 e. The van der Waals surface area contributed by atoms with E-state index < -0.39 is 18.4 Å². The monoisotopic (exact) mass is 285 g/mol. The van der Waals surface area contributed by atoms with Crippen LogP contribution in [-0.4, -0.2) is 54.6 Å². The quantitative estimate of drug-likeness (QED) is 0.483. The molecule has 0 aliphatic carbocycles. The van der Waals surface area contributed by atoms with Crippen molar-refractivity contribution in [1.29, 1.82) is 0 Å². The van der Waals surface area contributed by atoms with Gasteiger partial charge in [0.15, 0.2) is 6.10 Å². The molecular weight excluding hydrogens is 276 g/mol. The Bertz CT molecular complexity index is 429. The second kappa shape index (κ2) is 6.60. The molecule has 1 saturated heterocycles. The Hall–Kier alpha value is -0.760. The van der Waals surface area contributed by atoms with E-state index in [9.17, 15) is 18.0 Å². The maximum Gasteiger partial charge on any atom is 0.573 e. The third-order valence-electron chi connectivity index (χ3n) is 2.24. The van der Waals surface area contributed by atoms with Gasteiger partial charge in [-0.05, 0) is 24.3 Å². The largest absolute Gasteiger partial charge is 0.573 e. The van der Waals surface area contributed by atoms with Crippen LogP contribution < -0.4 is 9.47 Å². The topological polar surface area (TPSA) is 44.8 Å². The predicted molar refractivity (Wildman–Crippen MR) is 58.9 cm³/mol. The molecule has 0 bridgehead atoms. The second-order valence-electron chi connectivity index (χ2n) is 3.59. The van der Waals surface area contributed by atoms with Gasteiger partial charge in [-0.3, -0.25) is 0 Å². The van der Waals surface area contributed by atoms with E-state index in [0.717, 1.165) is 12.1 Å². The van der Waals surface area contributed by atoms with Crippen molar-refractivity contribution in [3.05, 3.63) is 24.3 Å². The maximum atomic E-state index is 11.9. The number of carbonyl (C=O) groups excluding carboxylic acids is 1. The first kappa shape index (κ1) is 16.3. The average molecular weight is 285 g/mol. The van der Waals surface area contributed by atoms with Crippen LogP contribution in [0.15, 0.2) is 24.3 Å². The van der Waals surface area contributed by atoms with Crippen LogP contribution in [0.1, 0.15) is 6.42 Å². The number of benzene rings is 1. The predicted octanol–water partition coefficient (Wildman–Crippen LogP) is 1.90. The summed E-state index contributed by atoms with van der Waals surface area (Å²) in [6.07, 6.45) is -4.72. The van der Waals surface area contributed by atoms with Crippen molar-refractivity contribution in [2.75, 3.05) is 6.61 Å². The van der Waals surface area contributed by atoms with Crippen molar-refractivity contribution in [2.24, 2.45) is 0 Å². The second-order valence-corrected chi connectivity index (χ2v) is 3.59. The molecule has 0 saturated carbocycles. The van der Waals surface area contributed by atoms with Crippen LogP contribution in [-0.2, 0) is 9.53 Å². The van der Waals surface area contributed by atoms with Gasteiger partial charge in [0, 0.05) is 36.0 Å².